The summed E-state index contributed by atoms with van der Waals surface area (Å²) in [6, 6.07) is 7.89. The minimum atomic E-state index is -0.0325. The lowest BCUT2D eigenvalue weighted by atomic mass is 9.85. The molecule has 0 radical (unpaired) electrons. The van der Waals surface area contributed by atoms with Crippen LogP contribution < -0.4 is 4.74 Å². The summed E-state index contributed by atoms with van der Waals surface area (Å²) in [7, 11) is 1.68. The molecule has 0 aliphatic rings. The van der Waals surface area contributed by atoms with Crippen LogP contribution in [0.25, 0.3) is 11.3 Å². The lowest BCUT2D eigenvalue weighted by Gasteiger charge is -2.22. The van der Waals surface area contributed by atoms with Gasteiger partial charge < -0.3 is 9.84 Å². The van der Waals surface area contributed by atoms with E-state index in [4.69, 9.17) is 9.84 Å². The third-order valence-electron chi connectivity index (χ3n) is 3.10. The summed E-state index contributed by atoms with van der Waals surface area (Å²) in [6.45, 7) is 6.42. The van der Waals surface area contributed by atoms with Crippen LogP contribution in [0.4, 0.5) is 0 Å². The number of hydrogen-bond donors (Lipinski definition) is 2. The molecule has 0 bridgehead atoms. The van der Waals surface area contributed by atoms with E-state index in [0.717, 1.165) is 22.6 Å². The molecule has 0 atom stereocenters. The summed E-state index contributed by atoms with van der Waals surface area (Å²) in [5.74, 6) is 0.883. The number of rotatable bonds is 3. The third kappa shape index (κ3) is 2.79. The number of methoxy groups -OCH3 is 1. The Morgan fingerprint density at radius 1 is 1.26 bits per heavy atom. The van der Waals surface area contributed by atoms with Gasteiger partial charge in [0.05, 0.1) is 25.1 Å². The van der Waals surface area contributed by atoms with E-state index in [1.54, 1.807) is 7.11 Å². The summed E-state index contributed by atoms with van der Waals surface area (Å²) in [5.41, 5.74) is 3.69. The van der Waals surface area contributed by atoms with E-state index in [1.807, 2.05) is 18.2 Å². The molecule has 102 valence electrons. The van der Waals surface area contributed by atoms with E-state index in [2.05, 4.69) is 37.0 Å². The molecule has 0 aliphatic carbocycles. The zero-order valence-corrected chi connectivity index (χ0v) is 11.8. The van der Waals surface area contributed by atoms with E-state index in [0.29, 0.717) is 5.69 Å². The van der Waals surface area contributed by atoms with Crippen molar-refractivity contribution in [3.8, 4) is 17.0 Å². The van der Waals surface area contributed by atoms with E-state index >= 15 is 0 Å². The second-order valence-corrected chi connectivity index (χ2v) is 5.60. The molecular weight excluding hydrogens is 240 g/mol. The number of nitrogens with one attached hydrogen (secondary N) is 1. The number of aliphatic hydroxyl groups excluding tert-OH is 1. The molecule has 19 heavy (non-hydrogen) atoms. The largest absolute Gasteiger partial charge is 0.496 e. The Labute approximate surface area is 113 Å². The van der Waals surface area contributed by atoms with Crippen LogP contribution in [0.3, 0.4) is 0 Å². The van der Waals surface area contributed by atoms with Crippen LogP contribution in [-0.4, -0.2) is 22.4 Å². The summed E-state index contributed by atoms with van der Waals surface area (Å²) in [5, 5.41) is 16.1. The fourth-order valence-electron chi connectivity index (χ4n) is 2.04. The predicted octanol–water partition coefficient (Wildman–Crippen LogP) is 2.88. The molecule has 0 aliphatic heterocycles. The lowest BCUT2D eigenvalue weighted by Crippen LogP contribution is -2.12. The molecule has 0 saturated heterocycles. The van der Waals surface area contributed by atoms with Crippen molar-refractivity contribution in [2.24, 2.45) is 0 Å². The first kappa shape index (κ1) is 13.6. The van der Waals surface area contributed by atoms with Gasteiger partial charge in [-0.15, -0.1) is 0 Å². The number of benzene rings is 1. The van der Waals surface area contributed by atoms with Crippen LogP contribution in [0.2, 0.25) is 0 Å². The lowest BCUT2D eigenvalue weighted by molar-refractivity contribution is 0.276. The maximum absolute atomic E-state index is 9.07. The Morgan fingerprint density at radius 3 is 2.53 bits per heavy atom. The number of ether oxygens (including phenoxy) is 1. The van der Waals surface area contributed by atoms with Crippen LogP contribution in [0.1, 0.15) is 32.0 Å². The predicted molar refractivity (Wildman–Crippen MR) is 75.2 cm³/mol. The van der Waals surface area contributed by atoms with Crippen molar-refractivity contribution >= 4 is 0 Å². The fourth-order valence-corrected chi connectivity index (χ4v) is 2.04. The third-order valence-corrected chi connectivity index (χ3v) is 3.10. The quantitative estimate of drug-likeness (QED) is 0.892. The first-order chi connectivity index (χ1) is 8.95. The van der Waals surface area contributed by atoms with Crippen LogP contribution in [0, 0.1) is 0 Å². The van der Waals surface area contributed by atoms with Gasteiger partial charge >= 0.3 is 0 Å². The minimum Gasteiger partial charge on any atom is -0.496 e. The van der Waals surface area contributed by atoms with E-state index in [1.165, 1.54) is 0 Å². The molecule has 0 amide bonds. The summed E-state index contributed by atoms with van der Waals surface area (Å²) in [6.07, 6.45) is 0. The van der Waals surface area contributed by atoms with Crippen molar-refractivity contribution in [2.75, 3.05) is 7.11 Å². The van der Waals surface area contributed by atoms with Crippen LogP contribution in [0.5, 0.6) is 5.75 Å². The molecule has 2 aromatic rings. The molecule has 1 aromatic heterocycles. The number of hydrogen-bond acceptors (Lipinski definition) is 3. The average Bonchev–Trinajstić information content (AvgIpc) is 2.85. The molecule has 2 rings (SSSR count). The smallest absolute Gasteiger partial charge is 0.122 e. The van der Waals surface area contributed by atoms with Gasteiger partial charge in [-0.1, -0.05) is 20.8 Å². The average molecular weight is 260 g/mol. The maximum atomic E-state index is 9.07. The van der Waals surface area contributed by atoms with Gasteiger partial charge in [0.25, 0.3) is 0 Å². The Hall–Kier alpha value is -1.81. The minimum absolute atomic E-state index is 0.00251. The molecule has 0 unspecified atom stereocenters. The molecule has 4 heteroatoms. The highest BCUT2D eigenvalue weighted by Crippen LogP contribution is 2.34. The van der Waals surface area contributed by atoms with Gasteiger partial charge in [0.15, 0.2) is 0 Å². The fraction of sp³-hybridized carbons (Fsp3) is 0.400. The number of H-pyrrole nitrogens is 1. The van der Waals surface area contributed by atoms with E-state index in [9.17, 15) is 0 Å². The Bertz CT molecular complexity index is 568. The summed E-state index contributed by atoms with van der Waals surface area (Å²) in [4.78, 5) is 0. The molecule has 0 saturated carbocycles. The van der Waals surface area contributed by atoms with Crippen molar-refractivity contribution in [3.63, 3.8) is 0 Å². The van der Waals surface area contributed by atoms with Gasteiger partial charge in [0.2, 0.25) is 0 Å². The molecule has 1 heterocycles. The van der Waals surface area contributed by atoms with Crippen molar-refractivity contribution in [3.05, 3.63) is 35.5 Å². The van der Waals surface area contributed by atoms with Gasteiger partial charge in [-0.05, 0) is 29.7 Å². The summed E-state index contributed by atoms with van der Waals surface area (Å²) < 4.78 is 5.42. The van der Waals surface area contributed by atoms with Gasteiger partial charge in [0, 0.05) is 11.1 Å². The second-order valence-electron chi connectivity index (χ2n) is 5.60. The molecule has 4 nitrogen and oxygen atoms in total. The van der Waals surface area contributed by atoms with Crippen LogP contribution in [0.15, 0.2) is 24.3 Å². The highest BCUT2D eigenvalue weighted by Gasteiger charge is 2.20. The topological polar surface area (TPSA) is 58.1 Å². The highest BCUT2D eigenvalue weighted by atomic mass is 16.5. The zero-order chi connectivity index (χ0) is 14.0. The Kier molecular flexibility index (Phi) is 3.62. The SMILES string of the molecule is COc1ccc(-c2cc(CO)[nH]n2)cc1C(C)(C)C. The van der Waals surface area contributed by atoms with Gasteiger partial charge in [-0.2, -0.15) is 5.10 Å². The molecule has 0 spiro atoms. The molecular formula is C15H20N2O2. The van der Waals surface area contributed by atoms with Gasteiger partial charge in [-0.25, -0.2) is 0 Å². The van der Waals surface area contributed by atoms with Crippen molar-refractivity contribution in [1.82, 2.24) is 10.2 Å². The van der Waals surface area contributed by atoms with E-state index < -0.39 is 0 Å². The van der Waals surface area contributed by atoms with Crippen molar-refractivity contribution in [2.45, 2.75) is 32.8 Å². The standard InChI is InChI=1S/C15H20N2O2/c1-15(2,3)12-7-10(5-6-14(12)19-4)13-8-11(9-18)16-17-13/h5-8,18H,9H2,1-4H3,(H,16,17). The molecule has 0 fully saturated rings. The van der Waals surface area contributed by atoms with Gasteiger partial charge in [0.1, 0.15) is 5.75 Å². The van der Waals surface area contributed by atoms with Crippen molar-refractivity contribution < 1.29 is 9.84 Å². The molecule has 2 N–H and O–H groups in total. The summed E-state index contributed by atoms with van der Waals surface area (Å²) >= 11 is 0. The van der Waals surface area contributed by atoms with Crippen LogP contribution in [-0.2, 0) is 12.0 Å². The second kappa shape index (κ2) is 5.05. The van der Waals surface area contributed by atoms with Crippen LogP contribution >= 0.6 is 0 Å². The number of aliphatic hydroxyl groups is 1. The van der Waals surface area contributed by atoms with Gasteiger partial charge in [-0.3, -0.25) is 5.10 Å². The number of aromatic amines is 1. The normalized spacial score (nSPS) is 11.6. The Morgan fingerprint density at radius 2 is 2.00 bits per heavy atom. The van der Waals surface area contributed by atoms with Crippen molar-refractivity contribution in [1.29, 1.82) is 0 Å². The Balaban J connectivity index is 2.48. The number of aromatic nitrogens is 2. The highest BCUT2D eigenvalue weighted by molar-refractivity contribution is 5.63. The first-order valence-electron chi connectivity index (χ1n) is 6.29. The maximum Gasteiger partial charge on any atom is 0.122 e. The first-order valence-corrected chi connectivity index (χ1v) is 6.29. The zero-order valence-electron chi connectivity index (χ0n) is 11.8. The number of nitrogens with zero attached hydrogens (tertiary/aromatic N) is 1. The monoisotopic (exact) mass is 260 g/mol. The molecule has 1 aromatic carbocycles. The van der Waals surface area contributed by atoms with E-state index in [-0.39, 0.29) is 12.0 Å².